The molecule has 5 heteroatoms. The molecule has 0 amide bonds. The van der Waals surface area contributed by atoms with Crippen LogP contribution in [0.1, 0.15) is 12.5 Å². The van der Waals surface area contributed by atoms with Gasteiger partial charge in [0.2, 0.25) is 0 Å². The van der Waals surface area contributed by atoms with Crippen molar-refractivity contribution in [3.63, 3.8) is 0 Å². The molecule has 0 radical (unpaired) electrons. The van der Waals surface area contributed by atoms with Gasteiger partial charge < -0.3 is 14.0 Å². The molecule has 0 aliphatic rings. The Morgan fingerprint density at radius 3 is 3.05 bits per heavy atom. The van der Waals surface area contributed by atoms with Gasteiger partial charge >= 0.3 is 5.97 Å². The maximum absolute atomic E-state index is 11.2. The molecule has 0 aliphatic carbocycles. The van der Waals surface area contributed by atoms with Crippen LogP contribution in [0, 0.1) is 0 Å². The molecule has 0 atom stereocenters. The first-order chi connectivity index (χ1) is 9.28. The van der Waals surface area contributed by atoms with Gasteiger partial charge in [-0.1, -0.05) is 12.1 Å². The van der Waals surface area contributed by atoms with Gasteiger partial charge in [-0.2, -0.15) is 0 Å². The SMILES string of the molecule is CCOC(=O)COc1cccc(Cn2ccnc2)c1. The second-order valence-corrected chi connectivity index (χ2v) is 3.98. The minimum atomic E-state index is -0.359. The lowest BCUT2D eigenvalue weighted by atomic mass is 10.2. The van der Waals surface area contributed by atoms with Crippen molar-refractivity contribution < 1.29 is 14.3 Å². The molecule has 0 fully saturated rings. The molecular weight excluding hydrogens is 244 g/mol. The molecule has 0 bridgehead atoms. The Balaban J connectivity index is 1.93. The normalized spacial score (nSPS) is 10.2. The quantitative estimate of drug-likeness (QED) is 0.744. The van der Waals surface area contributed by atoms with Crippen molar-refractivity contribution in [2.24, 2.45) is 0 Å². The summed E-state index contributed by atoms with van der Waals surface area (Å²) in [4.78, 5) is 15.2. The van der Waals surface area contributed by atoms with Gasteiger partial charge in [0, 0.05) is 18.9 Å². The van der Waals surface area contributed by atoms with E-state index in [2.05, 4.69) is 4.98 Å². The summed E-state index contributed by atoms with van der Waals surface area (Å²) in [5, 5.41) is 0. The van der Waals surface area contributed by atoms with E-state index < -0.39 is 0 Å². The van der Waals surface area contributed by atoms with E-state index in [4.69, 9.17) is 9.47 Å². The van der Waals surface area contributed by atoms with Gasteiger partial charge in [0.05, 0.1) is 12.9 Å². The zero-order valence-corrected chi connectivity index (χ0v) is 10.8. The van der Waals surface area contributed by atoms with Crippen molar-refractivity contribution in [1.29, 1.82) is 0 Å². The third-order valence-corrected chi connectivity index (χ3v) is 2.48. The van der Waals surface area contributed by atoms with Crippen LogP contribution in [0.15, 0.2) is 43.0 Å². The third kappa shape index (κ3) is 4.13. The monoisotopic (exact) mass is 260 g/mol. The number of hydrogen-bond donors (Lipinski definition) is 0. The maximum atomic E-state index is 11.2. The Morgan fingerprint density at radius 1 is 1.42 bits per heavy atom. The van der Waals surface area contributed by atoms with E-state index in [9.17, 15) is 4.79 Å². The van der Waals surface area contributed by atoms with E-state index in [0.29, 0.717) is 12.4 Å². The minimum Gasteiger partial charge on any atom is -0.482 e. The van der Waals surface area contributed by atoms with Gasteiger partial charge in [0.1, 0.15) is 5.75 Å². The number of nitrogens with zero attached hydrogens (tertiary/aromatic N) is 2. The van der Waals surface area contributed by atoms with Crippen LogP contribution in [0.3, 0.4) is 0 Å². The van der Waals surface area contributed by atoms with E-state index in [1.165, 1.54) is 0 Å². The summed E-state index contributed by atoms with van der Waals surface area (Å²) in [6.07, 6.45) is 5.39. The van der Waals surface area contributed by atoms with Crippen LogP contribution in [-0.2, 0) is 16.1 Å². The van der Waals surface area contributed by atoms with Crippen LogP contribution in [0.4, 0.5) is 0 Å². The first-order valence-electron chi connectivity index (χ1n) is 6.11. The fourth-order valence-corrected chi connectivity index (χ4v) is 1.67. The molecule has 0 aliphatic heterocycles. The Hall–Kier alpha value is -2.30. The van der Waals surface area contributed by atoms with E-state index >= 15 is 0 Å². The molecule has 2 rings (SSSR count). The number of esters is 1. The van der Waals surface area contributed by atoms with Crippen LogP contribution < -0.4 is 4.74 Å². The van der Waals surface area contributed by atoms with Crippen LogP contribution in [0.2, 0.25) is 0 Å². The molecular formula is C14H16N2O3. The number of carbonyl (C=O) groups excluding carboxylic acids is 1. The largest absolute Gasteiger partial charge is 0.482 e. The number of benzene rings is 1. The van der Waals surface area contributed by atoms with Crippen molar-refractivity contribution >= 4 is 5.97 Å². The molecule has 1 aromatic carbocycles. The Bertz CT molecular complexity index is 523. The summed E-state index contributed by atoms with van der Waals surface area (Å²) in [5.41, 5.74) is 1.08. The second kappa shape index (κ2) is 6.58. The minimum absolute atomic E-state index is 0.0671. The number of ether oxygens (including phenoxy) is 2. The molecule has 0 spiro atoms. The maximum Gasteiger partial charge on any atom is 0.344 e. The molecule has 100 valence electrons. The highest BCUT2D eigenvalue weighted by atomic mass is 16.6. The summed E-state index contributed by atoms with van der Waals surface area (Å²) in [7, 11) is 0. The first-order valence-corrected chi connectivity index (χ1v) is 6.11. The van der Waals surface area contributed by atoms with Gasteiger partial charge in [-0.05, 0) is 24.6 Å². The summed E-state index contributed by atoms with van der Waals surface area (Å²) in [6, 6.07) is 7.61. The van der Waals surface area contributed by atoms with Crippen molar-refractivity contribution in [3.8, 4) is 5.75 Å². The summed E-state index contributed by atoms with van der Waals surface area (Å²) in [5.74, 6) is 0.299. The zero-order chi connectivity index (χ0) is 13.5. The predicted octanol–water partition coefficient (Wildman–Crippen LogP) is 1.87. The number of imidazole rings is 1. The summed E-state index contributed by atoms with van der Waals surface area (Å²) in [6.45, 7) is 2.78. The number of carbonyl (C=O) groups is 1. The lowest BCUT2D eigenvalue weighted by Gasteiger charge is -2.08. The molecule has 1 aromatic heterocycles. The fourth-order valence-electron chi connectivity index (χ4n) is 1.67. The highest BCUT2D eigenvalue weighted by molar-refractivity contribution is 5.71. The highest BCUT2D eigenvalue weighted by Gasteiger charge is 2.03. The second-order valence-electron chi connectivity index (χ2n) is 3.98. The average molecular weight is 260 g/mol. The van der Waals surface area contributed by atoms with E-state index in [-0.39, 0.29) is 12.6 Å². The number of hydrogen-bond acceptors (Lipinski definition) is 4. The van der Waals surface area contributed by atoms with Crippen molar-refractivity contribution in [2.75, 3.05) is 13.2 Å². The van der Waals surface area contributed by atoms with E-state index in [0.717, 1.165) is 12.1 Å². The van der Waals surface area contributed by atoms with E-state index in [1.807, 2.05) is 35.0 Å². The van der Waals surface area contributed by atoms with Crippen LogP contribution >= 0.6 is 0 Å². The lowest BCUT2D eigenvalue weighted by Crippen LogP contribution is -2.14. The highest BCUT2D eigenvalue weighted by Crippen LogP contribution is 2.14. The Labute approximate surface area is 111 Å². The van der Waals surface area contributed by atoms with Gasteiger partial charge in [-0.3, -0.25) is 0 Å². The topological polar surface area (TPSA) is 53.4 Å². The van der Waals surface area contributed by atoms with Crippen molar-refractivity contribution in [3.05, 3.63) is 48.5 Å². The summed E-state index contributed by atoms with van der Waals surface area (Å²) >= 11 is 0. The van der Waals surface area contributed by atoms with Gasteiger partial charge in [-0.15, -0.1) is 0 Å². The van der Waals surface area contributed by atoms with Crippen molar-refractivity contribution in [2.45, 2.75) is 13.5 Å². The zero-order valence-electron chi connectivity index (χ0n) is 10.8. The predicted molar refractivity (Wildman–Crippen MR) is 69.9 cm³/mol. The molecule has 0 saturated carbocycles. The van der Waals surface area contributed by atoms with Gasteiger partial charge in [0.15, 0.2) is 6.61 Å². The smallest absolute Gasteiger partial charge is 0.344 e. The number of aromatic nitrogens is 2. The first kappa shape index (κ1) is 13.1. The van der Waals surface area contributed by atoms with Crippen LogP contribution in [0.25, 0.3) is 0 Å². The Morgan fingerprint density at radius 2 is 2.32 bits per heavy atom. The molecule has 5 nitrogen and oxygen atoms in total. The van der Waals surface area contributed by atoms with Gasteiger partial charge in [-0.25, -0.2) is 9.78 Å². The molecule has 2 aromatic rings. The lowest BCUT2D eigenvalue weighted by molar-refractivity contribution is -0.145. The molecule has 0 N–H and O–H groups in total. The molecule has 19 heavy (non-hydrogen) atoms. The molecule has 1 heterocycles. The van der Waals surface area contributed by atoms with Crippen molar-refractivity contribution in [1.82, 2.24) is 9.55 Å². The molecule has 0 unspecified atom stereocenters. The van der Waals surface area contributed by atoms with Crippen LogP contribution in [0.5, 0.6) is 5.75 Å². The number of rotatable bonds is 6. The molecule has 0 saturated heterocycles. The van der Waals surface area contributed by atoms with Gasteiger partial charge in [0.25, 0.3) is 0 Å². The average Bonchev–Trinajstić information content (AvgIpc) is 2.90. The summed E-state index contributed by atoms with van der Waals surface area (Å²) < 4.78 is 12.1. The van der Waals surface area contributed by atoms with E-state index in [1.54, 1.807) is 19.4 Å². The Kier molecular flexibility index (Phi) is 4.55. The fraction of sp³-hybridized carbons (Fsp3) is 0.286. The van der Waals surface area contributed by atoms with Crippen LogP contribution in [-0.4, -0.2) is 28.7 Å². The third-order valence-electron chi connectivity index (χ3n) is 2.48. The standard InChI is InChI=1S/C14H16N2O3/c1-2-18-14(17)10-19-13-5-3-4-12(8-13)9-16-7-6-15-11-16/h3-8,11H,2,9-10H2,1H3.